The lowest BCUT2D eigenvalue weighted by Gasteiger charge is -2.38. The molecule has 0 spiro atoms. The third-order valence-electron chi connectivity index (χ3n) is 8.43. The first-order valence-electron chi connectivity index (χ1n) is 15.6. The molecule has 1 aliphatic heterocycles. The third-order valence-corrected chi connectivity index (χ3v) is 8.78. The maximum absolute atomic E-state index is 13.6. The summed E-state index contributed by atoms with van der Waals surface area (Å²) in [4.78, 5) is 32.4. The van der Waals surface area contributed by atoms with E-state index in [1.165, 1.54) is 10.9 Å². The smallest absolute Gasteiger partial charge is 0.407 e. The number of carbonyl (C=O) groups excluding carboxylic acids is 1. The molecule has 0 aliphatic carbocycles. The number of rotatable bonds is 8. The van der Waals surface area contributed by atoms with Crippen LogP contribution in [0.1, 0.15) is 44.7 Å². The lowest BCUT2D eigenvalue weighted by molar-refractivity contribution is -0.0364. The second-order valence-electron chi connectivity index (χ2n) is 13.2. The largest absolute Gasteiger partial charge is 0.472 e. The third kappa shape index (κ3) is 7.43. The molecule has 1 aliphatic rings. The predicted molar refractivity (Wildman–Crippen MR) is 180 cm³/mol. The van der Waals surface area contributed by atoms with Crippen molar-refractivity contribution in [3.63, 3.8) is 0 Å². The number of ether oxygens (including phenoxy) is 1. The molecular weight excluding hydrogens is 620 g/mol. The molecule has 0 atom stereocenters. The summed E-state index contributed by atoms with van der Waals surface area (Å²) in [6, 6.07) is 15.5. The number of benzene rings is 2. The summed E-state index contributed by atoms with van der Waals surface area (Å²) in [5, 5.41) is 19.4. The Bertz CT molecular complexity index is 1930. The fourth-order valence-electron chi connectivity index (χ4n) is 5.93. The molecule has 6 rings (SSSR count). The summed E-state index contributed by atoms with van der Waals surface area (Å²) in [5.41, 5.74) is 4.26. The first-order chi connectivity index (χ1) is 22.4. The fourth-order valence-corrected chi connectivity index (χ4v) is 6.17. The minimum atomic E-state index is -1.05. The maximum Gasteiger partial charge on any atom is 0.407 e. The minimum Gasteiger partial charge on any atom is -0.472 e. The van der Waals surface area contributed by atoms with Gasteiger partial charge in [0.25, 0.3) is 5.56 Å². The molecule has 1 saturated heterocycles. The normalized spacial score (nSPS) is 15.2. The second kappa shape index (κ2) is 13.0. The molecule has 12 heteroatoms. The van der Waals surface area contributed by atoms with E-state index < -0.39 is 17.3 Å². The number of aryl methyl sites for hydroxylation is 1. The molecule has 0 saturated carbocycles. The van der Waals surface area contributed by atoms with Crippen LogP contribution in [-0.2, 0) is 31.4 Å². The highest BCUT2D eigenvalue weighted by Gasteiger charge is 2.33. The monoisotopic (exact) mass is 658 g/mol. The maximum atomic E-state index is 13.6. The van der Waals surface area contributed by atoms with E-state index in [9.17, 15) is 14.7 Å². The molecule has 4 heterocycles. The molecule has 11 nitrogen and oxygen atoms in total. The Morgan fingerprint density at radius 2 is 1.79 bits per heavy atom. The number of amides is 1. The van der Waals surface area contributed by atoms with Gasteiger partial charge in [0.1, 0.15) is 11.1 Å². The van der Waals surface area contributed by atoms with E-state index >= 15 is 0 Å². The molecule has 5 aromatic rings. The summed E-state index contributed by atoms with van der Waals surface area (Å²) in [7, 11) is 1.78. The molecule has 0 bridgehead atoms. The van der Waals surface area contributed by atoms with Gasteiger partial charge in [-0.25, -0.2) is 9.78 Å². The summed E-state index contributed by atoms with van der Waals surface area (Å²) in [5.74, 6) is 0. The van der Waals surface area contributed by atoms with Gasteiger partial charge in [0.15, 0.2) is 5.52 Å². The Morgan fingerprint density at radius 3 is 2.45 bits per heavy atom. The SMILES string of the molecule is Cn1nc2c(=O)n(CC3(O)CCN(Cc4ccc(-c5ccoc5)cc4Cl)CC3)cnc2c1-c1ccc(CNC(=O)OC(C)(C)C)cc1. The molecular formula is C35H39ClN6O5. The number of aromatic nitrogens is 4. The number of hydrogen-bond acceptors (Lipinski definition) is 8. The van der Waals surface area contributed by atoms with Gasteiger partial charge in [0, 0.05) is 49.4 Å². The number of halogens is 1. The topological polar surface area (TPSA) is 128 Å². The zero-order valence-corrected chi connectivity index (χ0v) is 27.8. The first kappa shape index (κ1) is 32.5. The number of piperidine rings is 1. The van der Waals surface area contributed by atoms with Gasteiger partial charge in [-0.1, -0.05) is 48.0 Å². The van der Waals surface area contributed by atoms with Gasteiger partial charge in [-0.2, -0.15) is 5.10 Å². The van der Waals surface area contributed by atoms with Crippen molar-refractivity contribution < 1.29 is 19.1 Å². The van der Waals surface area contributed by atoms with Crippen molar-refractivity contribution >= 4 is 28.7 Å². The van der Waals surface area contributed by atoms with Crippen molar-refractivity contribution in [2.24, 2.45) is 7.05 Å². The van der Waals surface area contributed by atoms with Crippen LogP contribution >= 0.6 is 11.6 Å². The van der Waals surface area contributed by atoms with Crippen LogP contribution in [0.25, 0.3) is 33.4 Å². The molecule has 0 unspecified atom stereocenters. The van der Waals surface area contributed by atoms with Gasteiger partial charge in [-0.15, -0.1) is 0 Å². The number of alkyl carbamates (subject to hydrolysis) is 1. The number of nitrogens with zero attached hydrogens (tertiary/aromatic N) is 5. The molecule has 47 heavy (non-hydrogen) atoms. The second-order valence-corrected chi connectivity index (χ2v) is 13.6. The molecule has 246 valence electrons. The van der Waals surface area contributed by atoms with Gasteiger partial charge in [-0.05, 0) is 62.4 Å². The van der Waals surface area contributed by atoms with E-state index in [4.69, 9.17) is 20.8 Å². The van der Waals surface area contributed by atoms with E-state index in [0.29, 0.717) is 55.3 Å². The number of carbonyl (C=O) groups is 1. The van der Waals surface area contributed by atoms with Crippen LogP contribution in [0.5, 0.6) is 0 Å². The molecule has 2 N–H and O–H groups in total. The summed E-state index contributed by atoms with van der Waals surface area (Å²) in [6.45, 7) is 7.90. The van der Waals surface area contributed by atoms with Crippen LogP contribution < -0.4 is 10.9 Å². The quantitative estimate of drug-likeness (QED) is 0.215. The van der Waals surface area contributed by atoms with Gasteiger partial charge >= 0.3 is 6.09 Å². The average molecular weight is 659 g/mol. The highest BCUT2D eigenvalue weighted by Crippen LogP contribution is 2.30. The Kier molecular flexibility index (Phi) is 8.97. The van der Waals surface area contributed by atoms with Crippen molar-refractivity contribution in [1.82, 2.24) is 29.5 Å². The van der Waals surface area contributed by atoms with E-state index in [-0.39, 0.29) is 17.6 Å². The number of furan rings is 1. The lowest BCUT2D eigenvalue weighted by Crippen LogP contribution is -2.47. The first-order valence-corrected chi connectivity index (χ1v) is 16.0. The van der Waals surface area contributed by atoms with Crippen LogP contribution in [-0.4, -0.2) is 59.7 Å². The molecule has 3 aromatic heterocycles. The van der Waals surface area contributed by atoms with Crippen molar-refractivity contribution in [1.29, 1.82) is 0 Å². The fraction of sp³-hybridized carbons (Fsp3) is 0.371. The Balaban J connectivity index is 1.10. The zero-order valence-electron chi connectivity index (χ0n) is 27.0. The number of nitrogens with one attached hydrogen (secondary N) is 1. The minimum absolute atomic E-state index is 0.133. The Hall–Kier alpha value is -4.45. The van der Waals surface area contributed by atoms with E-state index in [2.05, 4.69) is 20.3 Å². The van der Waals surface area contributed by atoms with Gasteiger partial charge < -0.3 is 19.6 Å². The molecule has 0 radical (unpaired) electrons. The van der Waals surface area contributed by atoms with Crippen molar-refractivity contribution in [3.8, 4) is 22.4 Å². The van der Waals surface area contributed by atoms with E-state index in [0.717, 1.165) is 27.8 Å². The van der Waals surface area contributed by atoms with Gasteiger partial charge in [0.05, 0.1) is 36.7 Å². The Morgan fingerprint density at radius 1 is 1.06 bits per heavy atom. The predicted octanol–water partition coefficient (Wildman–Crippen LogP) is 5.76. The molecule has 1 amide bonds. The highest BCUT2D eigenvalue weighted by molar-refractivity contribution is 6.31. The number of fused-ring (bicyclic) bond motifs is 1. The van der Waals surface area contributed by atoms with Crippen molar-refractivity contribution in [2.75, 3.05) is 13.1 Å². The number of aliphatic hydroxyl groups is 1. The average Bonchev–Trinajstić information content (AvgIpc) is 3.68. The lowest BCUT2D eigenvalue weighted by atomic mass is 9.91. The Labute approximate surface area is 277 Å². The summed E-state index contributed by atoms with van der Waals surface area (Å²) >= 11 is 6.62. The zero-order chi connectivity index (χ0) is 33.3. The van der Waals surface area contributed by atoms with Crippen LogP contribution in [0.2, 0.25) is 5.02 Å². The van der Waals surface area contributed by atoms with Crippen LogP contribution in [0, 0.1) is 0 Å². The summed E-state index contributed by atoms with van der Waals surface area (Å²) < 4.78 is 13.6. The van der Waals surface area contributed by atoms with Crippen LogP contribution in [0.3, 0.4) is 0 Å². The van der Waals surface area contributed by atoms with Crippen LogP contribution in [0.15, 0.2) is 76.6 Å². The summed E-state index contributed by atoms with van der Waals surface area (Å²) in [6.07, 6.45) is 5.36. The number of hydrogen-bond donors (Lipinski definition) is 2. The van der Waals surface area contributed by atoms with Crippen molar-refractivity contribution in [3.05, 3.63) is 93.9 Å². The standard InChI is InChI=1S/C35H39ClN6O5/c1-34(2,3)47-33(44)37-18-23-5-7-24(8-6-23)31-29-30(39-40(31)4)32(43)42(22-38-29)21-35(45)12-14-41(15-13-35)19-26-10-9-25(17-28(26)36)27-11-16-46-20-27/h5-11,16-17,20,22,45H,12-15,18-19,21H2,1-4H3,(H,37,44). The highest BCUT2D eigenvalue weighted by atomic mass is 35.5. The van der Waals surface area contributed by atoms with Gasteiger partial charge in [0.2, 0.25) is 0 Å². The molecule has 1 fully saturated rings. The molecule has 2 aromatic carbocycles. The van der Waals surface area contributed by atoms with Crippen molar-refractivity contribution in [2.45, 2.75) is 64.4 Å². The number of likely N-dealkylation sites (tertiary alicyclic amines) is 1. The van der Waals surface area contributed by atoms with E-state index in [1.54, 1.807) is 24.3 Å². The van der Waals surface area contributed by atoms with Gasteiger partial charge in [-0.3, -0.25) is 18.9 Å². The van der Waals surface area contributed by atoms with Crippen LogP contribution in [0.4, 0.5) is 4.79 Å². The van der Waals surface area contributed by atoms with E-state index in [1.807, 2.05) is 69.3 Å².